The molecular weight excluding hydrogens is 581 g/mol. The number of rotatable bonds is 6. The highest BCUT2D eigenvalue weighted by Gasteiger charge is 2.16. The molecule has 0 atom stereocenters. The molecule has 1 heterocycles. The van der Waals surface area contributed by atoms with Crippen molar-refractivity contribution in [3.8, 4) is 27.9 Å². The Labute approximate surface area is 305 Å². The number of anilines is 3. The Hall–Kier alpha value is -6.38. The number of aromatic nitrogens is 1. The van der Waals surface area contributed by atoms with Crippen LogP contribution in [0.15, 0.2) is 194 Å². The van der Waals surface area contributed by atoms with E-state index in [9.17, 15) is 6.85 Å². The second-order valence-corrected chi connectivity index (χ2v) is 10.9. The van der Waals surface area contributed by atoms with Crippen LogP contribution in [0.2, 0.25) is 0 Å². The van der Waals surface area contributed by atoms with Crippen LogP contribution in [0.3, 0.4) is 0 Å². The topological polar surface area (TPSA) is 8.17 Å². The Morgan fingerprint density at radius 2 is 1.06 bits per heavy atom. The highest BCUT2D eigenvalue weighted by molar-refractivity contribution is 6.10. The molecule has 2 nitrogen and oxygen atoms in total. The van der Waals surface area contributed by atoms with Crippen molar-refractivity contribution in [3.63, 3.8) is 0 Å². The van der Waals surface area contributed by atoms with E-state index in [-0.39, 0.29) is 11.1 Å². The van der Waals surface area contributed by atoms with Crippen LogP contribution < -0.4 is 4.90 Å². The van der Waals surface area contributed by atoms with E-state index in [1.54, 1.807) is 18.2 Å². The summed E-state index contributed by atoms with van der Waals surface area (Å²) in [7, 11) is 0. The van der Waals surface area contributed by atoms with Gasteiger partial charge in [-0.3, -0.25) is 0 Å². The van der Waals surface area contributed by atoms with Gasteiger partial charge in [-0.1, -0.05) is 127 Å². The molecule has 0 unspecified atom stereocenters. The van der Waals surface area contributed by atoms with Gasteiger partial charge in [-0.15, -0.1) is 0 Å². The summed E-state index contributed by atoms with van der Waals surface area (Å²) in [5.74, 6) is 0. The van der Waals surface area contributed by atoms with Gasteiger partial charge in [0, 0.05) is 33.5 Å². The predicted molar refractivity (Wildman–Crippen MR) is 204 cm³/mol. The minimum atomic E-state index is -1.000. The Kier molecular flexibility index (Phi) is 3.68. The number of para-hydroxylation sites is 2. The summed E-state index contributed by atoms with van der Waals surface area (Å²) in [6.45, 7) is 0. The van der Waals surface area contributed by atoms with E-state index in [2.05, 4.69) is 10.6 Å². The fourth-order valence-corrected chi connectivity index (χ4v) is 5.92. The summed E-state index contributed by atoms with van der Waals surface area (Å²) >= 11 is 0. The molecule has 0 saturated heterocycles. The van der Waals surface area contributed by atoms with E-state index in [0.717, 1.165) is 32.9 Å². The first kappa shape index (κ1) is 15.0. The average molecular weight is 631 g/mol. The molecule has 9 rings (SSSR count). The maximum Gasteiger partial charge on any atom is 0.0651 e. The molecule has 48 heavy (non-hydrogen) atoms. The molecule has 9 aromatic rings. The summed E-state index contributed by atoms with van der Waals surface area (Å²) < 4.78 is 161. The van der Waals surface area contributed by atoms with Crippen molar-refractivity contribution in [2.45, 2.75) is 0 Å². The van der Waals surface area contributed by atoms with Gasteiger partial charge in [-0.2, -0.15) is 0 Å². The van der Waals surface area contributed by atoms with Crippen molar-refractivity contribution in [1.29, 1.82) is 0 Å². The minimum absolute atomic E-state index is 0.182. The zero-order valence-corrected chi connectivity index (χ0v) is 25.0. The lowest BCUT2D eigenvalue weighted by Gasteiger charge is -2.26. The lowest BCUT2D eigenvalue weighted by Crippen LogP contribution is -2.09. The van der Waals surface area contributed by atoms with Crippen LogP contribution >= 0.6 is 0 Å². The van der Waals surface area contributed by atoms with Crippen molar-refractivity contribution in [2.24, 2.45) is 0 Å². The monoisotopic (exact) mass is 630 g/mol. The van der Waals surface area contributed by atoms with Gasteiger partial charge in [0.2, 0.25) is 0 Å². The highest BCUT2D eigenvalue weighted by Crippen LogP contribution is 2.39. The van der Waals surface area contributed by atoms with Crippen LogP contribution in [-0.2, 0) is 0 Å². The van der Waals surface area contributed by atoms with E-state index in [1.807, 2.05) is 60.7 Å². The van der Waals surface area contributed by atoms with Gasteiger partial charge in [-0.25, -0.2) is 0 Å². The third-order valence-corrected chi connectivity index (χ3v) is 8.08. The maximum absolute atomic E-state index is 9.50. The zero-order valence-electron chi connectivity index (χ0n) is 43.0. The summed E-state index contributed by atoms with van der Waals surface area (Å²) in [6, 6.07) is 11.2. The first-order valence-electron chi connectivity index (χ1n) is 24.0. The normalized spacial score (nSPS) is 16.6. The van der Waals surface area contributed by atoms with Gasteiger partial charge >= 0.3 is 0 Å². The van der Waals surface area contributed by atoms with Gasteiger partial charge in [0.15, 0.2) is 0 Å². The van der Waals surface area contributed by atoms with E-state index < -0.39 is 137 Å². The number of nitrogens with zero attached hydrogens (tertiary/aromatic N) is 2. The lowest BCUT2D eigenvalue weighted by molar-refractivity contribution is 1.19. The molecule has 0 amide bonds. The summed E-state index contributed by atoms with van der Waals surface area (Å²) in [6.07, 6.45) is 0. The Bertz CT molecular complexity index is 3520. The maximum atomic E-state index is 9.50. The molecule has 0 aliphatic heterocycles. The quantitative estimate of drug-likeness (QED) is 0.177. The second kappa shape index (κ2) is 11.8. The van der Waals surface area contributed by atoms with Gasteiger partial charge in [0.1, 0.15) is 0 Å². The third-order valence-electron chi connectivity index (χ3n) is 8.08. The Balaban J connectivity index is 1.33. The van der Waals surface area contributed by atoms with Crippen molar-refractivity contribution in [2.75, 3.05) is 4.90 Å². The summed E-state index contributed by atoms with van der Waals surface area (Å²) in [5, 5.41) is 3.62. The van der Waals surface area contributed by atoms with Gasteiger partial charge in [0.05, 0.1) is 35.7 Å². The largest absolute Gasteiger partial charge is 0.310 e. The second-order valence-electron chi connectivity index (χ2n) is 10.9. The number of hydrogen-bond donors (Lipinski definition) is 0. The number of benzene rings is 8. The fraction of sp³-hybridized carbons (Fsp3) is 0. The average Bonchev–Trinajstić information content (AvgIpc) is 3.64. The molecule has 0 bridgehead atoms. The molecule has 0 aliphatic carbocycles. The molecule has 0 saturated carbocycles. The Morgan fingerprint density at radius 1 is 0.417 bits per heavy atom. The lowest BCUT2D eigenvalue weighted by atomic mass is 10.0. The van der Waals surface area contributed by atoms with Gasteiger partial charge < -0.3 is 9.47 Å². The van der Waals surface area contributed by atoms with Gasteiger partial charge in [0.25, 0.3) is 0 Å². The molecule has 0 spiro atoms. The van der Waals surface area contributed by atoms with E-state index in [0.29, 0.717) is 10.3 Å². The molecule has 0 aliphatic rings. The van der Waals surface area contributed by atoms with Crippen LogP contribution in [0.5, 0.6) is 0 Å². The molecule has 0 radical (unpaired) electrons. The van der Waals surface area contributed by atoms with E-state index in [1.165, 1.54) is 0 Å². The summed E-state index contributed by atoms with van der Waals surface area (Å²) in [4.78, 5) is 0.575. The standard InChI is InChI=1S/C46H32N2/c1-3-12-33(13-4-1)37-16-11-19-41(30-37)47(39-17-5-2-6-18-39)40-26-22-35(23-27-40)38-25-29-46-44(32-38)43-20-9-10-21-45(43)48(46)42-28-24-34-14-7-8-15-36(34)31-42/h1-32H/i1D,2D,3D,4D,5D,6D,11D,12D,13D,16D,17D,18D,19D,22D,23D,26D,27D,30D. The van der Waals surface area contributed by atoms with Crippen molar-refractivity contribution in [1.82, 2.24) is 4.57 Å². The zero-order chi connectivity index (χ0) is 47.5. The van der Waals surface area contributed by atoms with Crippen LogP contribution in [0.25, 0.3) is 60.5 Å². The molecule has 0 fully saturated rings. The van der Waals surface area contributed by atoms with Crippen LogP contribution in [0, 0.1) is 0 Å². The molecular formula is C46H32N2. The van der Waals surface area contributed by atoms with Crippen LogP contribution in [0.1, 0.15) is 24.7 Å². The molecule has 226 valence electrons. The van der Waals surface area contributed by atoms with E-state index >= 15 is 0 Å². The SMILES string of the molecule is [2H]c1c([2H])c([2H])c(-c2c([2H])c([2H])c([2H])c(N(c3c([2H])c([2H])c([2H])c([2H])c3[2H])c3c([2H])c([2H])c(-c4ccc5c(c4)c4ccccc4n5-c4ccc5ccccc5c4)c([2H])c3[2H])c2[2H])c([2H])c1[2H]. The first-order chi connectivity index (χ1) is 31.3. The molecule has 1 aromatic heterocycles. The number of fused-ring (bicyclic) bond motifs is 4. The van der Waals surface area contributed by atoms with Gasteiger partial charge in [-0.05, 0) is 99.6 Å². The predicted octanol–water partition coefficient (Wildman–Crippen LogP) is 12.7. The first-order valence-corrected chi connectivity index (χ1v) is 15.0. The summed E-state index contributed by atoms with van der Waals surface area (Å²) in [5.41, 5.74) is -1.40. The van der Waals surface area contributed by atoms with Crippen molar-refractivity contribution < 1.29 is 24.7 Å². The molecule has 8 aromatic carbocycles. The van der Waals surface area contributed by atoms with Crippen molar-refractivity contribution in [3.05, 3.63) is 194 Å². The smallest absolute Gasteiger partial charge is 0.0651 e. The molecule has 2 heteroatoms. The van der Waals surface area contributed by atoms with Crippen LogP contribution in [-0.4, -0.2) is 4.57 Å². The highest BCUT2D eigenvalue weighted by atomic mass is 15.1. The Morgan fingerprint density at radius 3 is 1.90 bits per heavy atom. The third kappa shape index (κ3) is 4.92. The van der Waals surface area contributed by atoms with Crippen molar-refractivity contribution >= 4 is 49.6 Å². The fourth-order valence-electron chi connectivity index (χ4n) is 5.92. The van der Waals surface area contributed by atoms with E-state index in [4.69, 9.17) is 17.8 Å². The van der Waals surface area contributed by atoms with Crippen LogP contribution in [0.4, 0.5) is 17.1 Å². The minimum Gasteiger partial charge on any atom is -0.310 e. The molecule has 0 N–H and O–H groups in total. The number of hydrogen-bond acceptors (Lipinski definition) is 1.